The fraction of sp³-hybridized carbons (Fsp3) is 0.389. The molecule has 10 heteroatoms. The Kier molecular flexibility index (Phi) is 7.38. The van der Waals surface area contributed by atoms with Crippen molar-refractivity contribution in [3.8, 4) is 11.5 Å². The Morgan fingerprint density at radius 1 is 1.29 bits per heavy atom. The van der Waals surface area contributed by atoms with Crippen molar-refractivity contribution in [3.63, 3.8) is 0 Å². The summed E-state index contributed by atoms with van der Waals surface area (Å²) in [5, 5.41) is -0.595. The average Bonchev–Trinajstić information content (AvgIpc) is 2.89. The summed E-state index contributed by atoms with van der Waals surface area (Å²) in [4.78, 5) is 37.2. The number of ether oxygens (including phenoxy) is 3. The van der Waals surface area contributed by atoms with E-state index < -0.39 is 30.3 Å². The molecule has 7 nitrogen and oxygen atoms in total. The highest BCUT2D eigenvalue weighted by Gasteiger charge is 2.36. The van der Waals surface area contributed by atoms with Gasteiger partial charge in [0, 0.05) is 0 Å². The van der Waals surface area contributed by atoms with Crippen molar-refractivity contribution in [1.82, 2.24) is 4.90 Å². The number of carbonyl (C=O) groups is 3. The van der Waals surface area contributed by atoms with Crippen molar-refractivity contribution >= 4 is 35.0 Å². The quantitative estimate of drug-likeness (QED) is 0.473. The molecule has 1 saturated heterocycles. The Morgan fingerprint density at radius 2 is 2.00 bits per heavy atom. The largest absolute Gasteiger partial charge is 0.493 e. The molecule has 2 rings (SSSR count). The van der Waals surface area contributed by atoms with Gasteiger partial charge in [-0.15, -0.1) is 0 Å². The maximum atomic E-state index is 12.4. The first kappa shape index (κ1) is 21.7. The first-order valence-electron chi connectivity index (χ1n) is 8.32. The molecule has 0 N–H and O–H groups in total. The predicted molar refractivity (Wildman–Crippen MR) is 98.1 cm³/mol. The first-order valence-corrected chi connectivity index (χ1v) is 9.14. The molecule has 1 aromatic rings. The number of rotatable bonds is 8. The summed E-state index contributed by atoms with van der Waals surface area (Å²) in [6.45, 7) is 0.0654. The van der Waals surface area contributed by atoms with E-state index in [1.807, 2.05) is 6.92 Å². The Balaban J connectivity index is 2.15. The molecule has 1 aromatic carbocycles. The number of methoxy groups -OCH3 is 1. The molecule has 0 bridgehead atoms. The van der Waals surface area contributed by atoms with Gasteiger partial charge < -0.3 is 14.2 Å². The summed E-state index contributed by atoms with van der Waals surface area (Å²) < 4.78 is 39.2. The molecule has 0 radical (unpaired) electrons. The third-order valence-corrected chi connectivity index (χ3v) is 4.68. The van der Waals surface area contributed by atoms with Crippen LogP contribution in [0.4, 0.5) is 13.6 Å². The van der Waals surface area contributed by atoms with Crippen molar-refractivity contribution in [1.29, 1.82) is 0 Å². The van der Waals surface area contributed by atoms with Gasteiger partial charge in [0.1, 0.15) is 6.54 Å². The highest BCUT2D eigenvalue weighted by Crippen LogP contribution is 2.34. The Labute approximate surface area is 164 Å². The molecule has 0 saturated carbocycles. The van der Waals surface area contributed by atoms with Crippen molar-refractivity contribution in [2.75, 3.05) is 13.7 Å². The van der Waals surface area contributed by atoms with Crippen molar-refractivity contribution in [3.05, 3.63) is 28.7 Å². The maximum Gasteiger partial charge on any atom is 0.387 e. The Hall–Kier alpha value is -2.62. The number of thioether (sulfide) groups is 1. The predicted octanol–water partition coefficient (Wildman–Crippen LogP) is 3.67. The molecule has 0 aliphatic carbocycles. The monoisotopic (exact) mass is 415 g/mol. The van der Waals surface area contributed by atoms with E-state index in [9.17, 15) is 23.2 Å². The van der Waals surface area contributed by atoms with Crippen LogP contribution in [0.5, 0.6) is 11.5 Å². The number of nitrogens with zero attached hydrogens (tertiary/aromatic N) is 1. The molecule has 0 aromatic heterocycles. The molecule has 28 heavy (non-hydrogen) atoms. The van der Waals surface area contributed by atoms with E-state index in [-0.39, 0.29) is 22.5 Å². The zero-order chi connectivity index (χ0) is 20.8. The van der Waals surface area contributed by atoms with E-state index in [4.69, 9.17) is 9.47 Å². The van der Waals surface area contributed by atoms with Gasteiger partial charge in [0.05, 0.1) is 18.1 Å². The molecular weight excluding hydrogens is 396 g/mol. The number of carbonyl (C=O) groups excluding carboxylic acids is 3. The van der Waals surface area contributed by atoms with Crippen LogP contribution >= 0.6 is 11.8 Å². The summed E-state index contributed by atoms with van der Waals surface area (Å²) >= 11 is 0.670. The van der Waals surface area contributed by atoms with Gasteiger partial charge in [0.15, 0.2) is 11.5 Å². The van der Waals surface area contributed by atoms with Gasteiger partial charge in [-0.25, -0.2) is 0 Å². The summed E-state index contributed by atoms with van der Waals surface area (Å²) in [6.07, 6.45) is 1.70. The van der Waals surface area contributed by atoms with Crippen LogP contribution < -0.4 is 9.47 Å². The fourth-order valence-electron chi connectivity index (χ4n) is 2.23. The van der Waals surface area contributed by atoms with Crippen LogP contribution in [0.2, 0.25) is 0 Å². The van der Waals surface area contributed by atoms with Crippen LogP contribution in [0.1, 0.15) is 25.8 Å². The van der Waals surface area contributed by atoms with E-state index in [1.54, 1.807) is 6.92 Å². The third-order valence-electron chi connectivity index (χ3n) is 3.77. The molecule has 1 fully saturated rings. The highest BCUT2D eigenvalue weighted by molar-refractivity contribution is 8.18. The molecular formula is C18H19F2NO6S. The summed E-state index contributed by atoms with van der Waals surface area (Å²) in [5.41, 5.74) is 0.436. The normalized spacial score (nSPS) is 16.6. The molecule has 2 amide bonds. The lowest BCUT2D eigenvalue weighted by molar-refractivity contribution is -0.150. The van der Waals surface area contributed by atoms with Crippen LogP contribution in [0, 0.1) is 0 Å². The van der Waals surface area contributed by atoms with E-state index in [0.29, 0.717) is 23.7 Å². The van der Waals surface area contributed by atoms with Gasteiger partial charge >= 0.3 is 12.6 Å². The first-order chi connectivity index (χ1) is 13.2. The number of alkyl halides is 2. The number of benzene rings is 1. The van der Waals surface area contributed by atoms with Gasteiger partial charge in [-0.2, -0.15) is 8.78 Å². The molecule has 0 spiro atoms. The molecule has 152 valence electrons. The number of halogens is 2. The lowest BCUT2D eigenvalue weighted by atomic mass is 10.2. The molecule has 0 unspecified atom stereocenters. The molecule has 1 aliphatic rings. The maximum absolute atomic E-state index is 12.4. The second-order valence-corrected chi connectivity index (χ2v) is 6.76. The number of hydrogen-bond acceptors (Lipinski definition) is 7. The van der Waals surface area contributed by atoms with Crippen molar-refractivity contribution in [2.24, 2.45) is 0 Å². The van der Waals surface area contributed by atoms with Crippen molar-refractivity contribution < 1.29 is 37.4 Å². The van der Waals surface area contributed by atoms with E-state index in [2.05, 4.69) is 4.74 Å². The number of esters is 1. The smallest absolute Gasteiger partial charge is 0.387 e. The van der Waals surface area contributed by atoms with E-state index in [0.717, 1.165) is 4.90 Å². The average molecular weight is 415 g/mol. The standard InChI is InChI=1S/C18H19F2NO6S/c1-4-10(2)26-15(22)9-21-16(23)14(28-18(21)24)8-11-5-6-12(27-17(19)20)13(7-11)25-3/h5-8,10,17H,4,9H2,1-3H3/b14-8-/t10-/m1/s1. The Bertz CT molecular complexity index is 798. The molecule has 1 aliphatic heterocycles. The van der Waals surface area contributed by atoms with E-state index in [1.165, 1.54) is 31.4 Å². The van der Waals surface area contributed by atoms with Crippen LogP contribution in [0.15, 0.2) is 23.1 Å². The van der Waals surface area contributed by atoms with E-state index >= 15 is 0 Å². The van der Waals surface area contributed by atoms with Crippen LogP contribution in [-0.2, 0) is 14.3 Å². The van der Waals surface area contributed by atoms with Gasteiger partial charge in [0.2, 0.25) is 0 Å². The summed E-state index contributed by atoms with van der Waals surface area (Å²) in [5.74, 6) is -1.42. The SMILES string of the molecule is CC[C@@H](C)OC(=O)CN1C(=O)S/C(=C\c2ccc(OC(F)F)c(OC)c2)C1=O. The van der Waals surface area contributed by atoms with Crippen LogP contribution in [0.25, 0.3) is 6.08 Å². The van der Waals surface area contributed by atoms with Gasteiger partial charge in [-0.3, -0.25) is 19.3 Å². The van der Waals surface area contributed by atoms with Crippen molar-refractivity contribution in [2.45, 2.75) is 33.0 Å². The lowest BCUT2D eigenvalue weighted by Crippen LogP contribution is -2.35. The van der Waals surface area contributed by atoms with Gasteiger partial charge in [-0.05, 0) is 48.9 Å². The van der Waals surface area contributed by atoms with Crippen LogP contribution in [0.3, 0.4) is 0 Å². The second-order valence-electron chi connectivity index (χ2n) is 5.77. The Morgan fingerprint density at radius 3 is 2.61 bits per heavy atom. The second kappa shape index (κ2) is 9.54. The topological polar surface area (TPSA) is 82.1 Å². The minimum Gasteiger partial charge on any atom is -0.493 e. The van der Waals surface area contributed by atoms with Gasteiger partial charge in [0.25, 0.3) is 11.1 Å². The minimum absolute atomic E-state index is 0.0467. The number of hydrogen-bond donors (Lipinski definition) is 0. The number of amides is 2. The number of imide groups is 1. The van der Waals surface area contributed by atoms with Gasteiger partial charge in [-0.1, -0.05) is 13.0 Å². The zero-order valence-corrected chi connectivity index (χ0v) is 16.3. The minimum atomic E-state index is -3.01. The highest BCUT2D eigenvalue weighted by atomic mass is 32.2. The lowest BCUT2D eigenvalue weighted by Gasteiger charge is -2.14. The van der Waals surface area contributed by atoms with Crippen LogP contribution in [-0.4, -0.2) is 48.4 Å². The molecule has 1 atom stereocenters. The zero-order valence-electron chi connectivity index (χ0n) is 15.4. The fourth-order valence-corrected chi connectivity index (χ4v) is 3.07. The third kappa shape index (κ3) is 5.44. The summed E-state index contributed by atoms with van der Waals surface area (Å²) in [6, 6.07) is 4.10. The summed E-state index contributed by atoms with van der Waals surface area (Å²) in [7, 11) is 1.29. The molecule has 1 heterocycles.